The lowest BCUT2D eigenvalue weighted by Gasteiger charge is -1.98. The first-order valence-corrected chi connectivity index (χ1v) is 5.22. The van der Waals surface area contributed by atoms with Crippen LogP contribution in [0, 0.1) is 5.82 Å². The van der Waals surface area contributed by atoms with Crippen molar-refractivity contribution < 1.29 is 4.39 Å². The lowest BCUT2D eigenvalue weighted by molar-refractivity contribution is 0.632. The molecular formula is C11H11FN4. The van der Waals surface area contributed by atoms with Crippen LogP contribution in [0.25, 0.3) is 11.4 Å². The van der Waals surface area contributed by atoms with E-state index in [0.717, 1.165) is 11.4 Å². The molecule has 1 aliphatic carbocycles. The number of rotatable bonds is 2. The average Bonchev–Trinajstić information content (AvgIpc) is 3.01. The van der Waals surface area contributed by atoms with Crippen molar-refractivity contribution >= 4 is 5.69 Å². The van der Waals surface area contributed by atoms with Gasteiger partial charge in [0.05, 0.1) is 5.69 Å². The van der Waals surface area contributed by atoms with Crippen LogP contribution < -0.4 is 5.73 Å². The molecule has 82 valence electrons. The molecule has 2 aromatic rings. The summed E-state index contributed by atoms with van der Waals surface area (Å²) in [6, 6.07) is 4.51. The number of hydrogen-bond donors (Lipinski definition) is 2. The van der Waals surface area contributed by atoms with Crippen molar-refractivity contribution in [2.45, 2.75) is 18.8 Å². The normalized spacial score (nSPS) is 15.3. The Labute approximate surface area is 91.7 Å². The minimum Gasteiger partial charge on any atom is -0.396 e. The molecule has 3 N–H and O–H groups in total. The van der Waals surface area contributed by atoms with E-state index >= 15 is 0 Å². The van der Waals surface area contributed by atoms with Crippen LogP contribution in [0.4, 0.5) is 10.1 Å². The number of halogens is 1. The standard InChI is InChI=1S/C11H11FN4/c12-8-4-3-7(5-9(8)13)11-14-10(15-16-11)6-1-2-6/h3-6H,1-2,13H2,(H,14,15,16). The fraction of sp³-hybridized carbons (Fsp3) is 0.273. The summed E-state index contributed by atoms with van der Waals surface area (Å²) >= 11 is 0. The molecular weight excluding hydrogens is 207 g/mol. The van der Waals surface area contributed by atoms with Gasteiger partial charge in [-0.25, -0.2) is 9.37 Å². The molecule has 1 aromatic heterocycles. The highest BCUT2D eigenvalue weighted by Crippen LogP contribution is 2.38. The van der Waals surface area contributed by atoms with Gasteiger partial charge in [0.15, 0.2) is 5.82 Å². The smallest absolute Gasteiger partial charge is 0.181 e. The quantitative estimate of drug-likeness (QED) is 0.758. The molecule has 1 heterocycles. The van der Waals surface area contributed by atoms with Crippen LogP contribution in [0.1, 0.15) is 24.6 Å². The third-order valence-electron chi connectivity index (χ3n) is 2.72. The minimum atomic E-state index is -0.415. The molecule has 0 atom stereocenters. The second-order valence-electron chi connectivity index (χ2n) is 4.05. The van der Waals surface area contributed by atoms with Crippen molar-refractivity contribution in [1.29, 1.82) is 0 Å². The Kier molecular flexibility index (Phi) is 1.92. The molecule has 4 nitrogen and oxygen atoms in total. The number of nitrogen functional groups attached to an aromatic ring is 1. The average molecular weight is 218 g/mol. The summed E-state index contributed by atoms with van der Waals surface area (Å²) in [4.78, 5) is 4.37. The van der Waals surface area contributed by atoms with Crippen molar-refractivity contribution in [3.05, 3.63) is 29.8 Å². The SMILES string of the molecule is Nc1cc(-c2n[nH]c(C3CC3)n2)ccc1F. The molecule has 0 spiro atoms. The number of H-pyrrole nitrogens is 1. The number of nitrogens with two attached hydrogens (primary N) is 1. The molecule has 0 bridgehead atoms. The van der Waals surface area contributed by atoms with Crippen molar-refractivity contribution in [2.24, 2.45) is 0 Å². The van der Waals surface area contributed by atoms with Crippen molar-refractivity contribution in [3.8, 4) is 11.4 Å². The van der Waals surface area contributed by atoms with Gasteiger partial charge < -0.3 is 5.73 Å². The van der Waals surface area contributed by atoms with E-state index < -0.39 is 5.82 Å². The highest BCUT2D eigenvalue weighted by molar-refractivity contribution is 5.61. The Morgan fingerprint density at radius 1 is 1.38 bits per heavy atom. The number of aromatic nitrogens is 3. The third-order valence-corrected chi connectivity index (χ3v) is 2.72. The fourth-order valence-corrected chi connectivity index (χ4v) is 1.63. The van der Waals surface area contributed by atoms with Gasteiger partial charge in [-0.1, -0.05) is 0 Å². The summed E-state index contributed by atoms with van der Waals surface area (Å²) in [5, 5.41) is 7.01. The first-order chi connectivity index (χ1) is 7.74. The first-order valence-electron chi connectivity index (χ1n) is 5.22. The number of nitrogens with one attached hydrogen (secondary N) is 1. The summed E-state index contributed by atoms with van der Waals surface area (Å²) in [5.74, 6) is 1.60. The minimum absolute atomic E-state index is 0.121. The van der Waals surface area contributed by atoms with Gasteiger partial charge in [0, 0.05) is 11.5 Å². The van der Waals surface area contributed by atoms with Crippen molar-refractivity contribution in [3.63, 3.8) is 0 Å². The lowest BCUT2D eigenvalue weighted by Crippen LogP contribution is -1.91. The summed E-state index contributed by atoms with van der Waals surface area (Å²) in [7, 11) is 0. The zero-order valence-electron chi connectivity index (χ0n) is 8.57. The molecule has 0 radical (unpaired) electrons. The van der Waals surface area contributed by atoms with Crippen LogP contribution in [-0.2, 0) is 0 Å². The Hall–Kier alpha value is -1.91. The molecule has 1 aliphatic rings. The van der Waals surface area contributed by atoms with Gasteiger partial charge in [-0.2, -0.15) is 5.10 Å². The number of benzene rings is 1. The maximum Gasteiger partial charge on any atom is 0.181 e. The summed E-state index contributed by atoms with van der Waals surface area (Å²) in [6.45, 7) is 0. The molecule has 0 unspecified atom stereocenters. The van der Waals surface area contributed by atoms with Crippen LogP contribution in [-0.4, -0.2) is 15.2 Å². The third kappa shape index (κ3) is 1.54. The van der Waals surface area contributed by atoms with Crippen LogP contribution in [0.5, 0.6) is 0 Å². The van der Waals surface area contributed by atoms with E-state index in [1.165, 1.54) is 18.9 Å². The van der Waals surface area contributed by atoms with Gasteiger partial charge in [0.25, 0.3) is 0 Å². The number of anilines is 1. The highest BCUT2D eigenvalue weighted by atomic mass is 19.1. The van der Waals surface area contributed by atoms with Gasteiger partial charge in [-0.15, -0.1) is 0 Å². The van der Waals surface area contributed by atoms with E-state index in [0.29, 0.717) is 11.7 Å². The number of aromatic amines is 1. The highest BCUT2D eigenvalue weighted by Gasteiger charge is 2.27. The summed E-state index contributed by atoms with van der Waals surface area (Å²) in [5.41, 5.74) is 6.35. The number of hydrogen-bond acceptors (Lipinski definition) is 3. The Morgan fingerprint density at radius 2 is 2.19 bits per heavy atom. The summed E-state index contributed by atoms with van der Waals surface area (Å²) < 4.78 is 13.0. The molecule has 1 aromatic carbocycles. The second-order valence-corrected chi connectivity index (χ2v) is 4.05. The Morgan fingerprint density at radius 3 is 2.88 bits per heavy atom. The molecule has 1 fully saturated rings. The maximum absolute atomic E-state index is 13.0. The van der Waals surface area contributed by atoms with E-state index in [1.54, 1.807) is 12.1 Å². The summed E-state index contributed by atoms with van der Waals surface area (Å²) in [6.07, 6.45) is 2.33. The second kappa shape index (κ2) is 3.30. The lowest BCUT2D eigenvalue weighted by atomic mass is 10.2. The van der Waals surface area contributed by atoms with Gasteiger partial charge in [-0.3, -0.25) is 5.10 Å². The predicted molar refractivity (Wildman–Crippen MR) is 58.2 cm³/mol. The predicted octanol–water partition coefficient (Wildman–Crippen LogP) is 2.07. The van der Waals surface area contributed by atoms with E-state index in [-0.39, 0.29) is 5.69 Å². The zero-order chi connectivity index (χ0) is 11.1. The molecule has 0 amide bonds. The molecule has 5 heteroatoms. The van der Waals surface area contributed by atoms with Gasteiger partial charge in [-0.05, 0) is 31.0 Å². The largest absolute Gasteiger partial charge is 0.396 e. The molecule has 1 saturated carbocycles. The van der Waals surface area contributed by atoms with Gasteiger partial charge in [0.2, 0.25) is 0 Å². The Balaban J connectivity index is 1.97. The van der Waals surface area contributed by atoms with E-state index in [4.69, 9.17) is 5.73 Å². The topological polar surface area (TPSA) is 67.6 Å². The molecule has 3 rings (SSSR count). The van der Waals surface area contributed by atoms with Crippen molar-refractivity contribution in [2.75, 3.05) is 5.73 Å². The van der Waals surface area contributed by atoms with Crippen molar-refractivity contribution in [1.82, 2.24) is 15.2 Å². The molecule has 16 heavy (non-hydrogen) atoms. The van der Waals surface area contributed by atoms with E-state index in [2.05, 4.69) is 15.2 Å². The van der Waals surface area contributed by atoms with Crippen LogP contribution in [0.2, 0.25) is 0 Å². The van der Waals surface area contributed by atoms with Gasteiger partial charge >= 0.3 is 0 Å². The Bertz CT molecular complexity index is 531. The first kappa shape index (κ1) is 9.33. The molecule has 0 aliphatic heterocycles. The van der Waals surface area contributed by atoms with Crippen LogP contribution in [0.15, 0.2) is 18.2 Å². The fourth-order valence-electron chi connectivity index (χ4n) is 1.63. The monoisotopic (exact) mass is 218 g/mol. The van der Waals surface area contributed by atoms with E-state index in [9.17, 15) is 4.39 Å². The van der Waals surface area contributed by atoms with E-state index in [1.807, 2.05) is 0 Å². The van der Waals surface area contributed by atoms with Gasteiger partial charge in [0.1, 0.15) is 11.6 Å². The van der Waals surface area contributed by atoms with Crippen LogP contribution in [0.3, 0.4) is 0 Å². The zero-order valence-corrected chi connectivity index (χ0v) is 8.57. The maximum atomic E-state index is 13.0. The number of nitrogens with zero attached hydrogens (tertiary/aromatic N) is 2. The van der Waals surface area contributed by atoms with Crippen LogP contribution >= 0.6 is 0 Å². The molecule has 0 saturated heterocycles.